The number of carbonyl (C=O) groups is 1. The summed E-state index contributed by atoms with van der Waals surface area (Å²) < 4.78 is 0. The smallest absolute Gasteiger partial charge is 0.161 e. The zero-order valence-electron chi connectivity index (χ0n) is 9.05. The van der Waals surface area contributed by atoms with E-state index >= 15 is 0 Å². The second-order valence-electron chi connectivity index (χ2n) is 3.28. The van der Waals surface area contributed by atoms with Gasteiger partial charge in [-0.1, -0.05) is 18.7 Å². The molecular formula is C10H16N2OS. The molecule has 0 saturated heterocycles. The Bertz CT molecular complexity index is 307. The lowest BCUT2D eigenvalue weighted by atomic mass is 9.99. The molecule has 1 atom stereocenters. The molecule has 1 heterocycles. The molecule has 3 nitrogen and oxygen atoms in total. The number of Topliss-reactive ketones (excluding diaryl/α,β-unsaturated/α-hetero) is 1. The van der Waals surface area contributed by atoms with Crippen molar-refractivity contribution < 1.29 is 4.79 Å². The van der Waals surface area contributed by atoms with E-state index in [4.69, 9.17) is 0 Å². The van der Waals surface area contributed by atoms with Gasteiger partial charge >= 0.3 is 0 Å². The third-order valence-corrected chi connectivity index (χ3v) is 2.86. The average molecular weight is 212 g/mol. The number of allylic oxidation sites excluding steroid dienone is 1. The van der Waals surface area contributed by atoms with Crippen LogP contribution in [0.3, 0.4) is 0 Å². The Kier molecular flexibility index (Phi) is 3.75. The molecule has 1 rings (SSSR count). The van der Waals surface area contributed by atoms with Crippen molar-refractivity contribution in [1.82, 2.24) is 5.32 Å². The summed E-state index contributed by atoms with van der Waals surface area (Å²) in [4.78, 5) is 15.9. The molecule has 0 fully saturated rings. The van der Waals surface area contributed by atoms with Gasteiger partial charge in [-0.25, -0.2) is 0 Å². The van der Waals surface area contributed by atoms with Gasteiger partial charge in [-0.2, -0.15) is 0 Å². The number of carbonyl (C=O) groups excluding carboxylic acids is 1. The van der Waals surface area contributed by atoms with Gasteiger partial charge in [0.2, 0.25) is 0 Å². The van der Waals surface area contributed by atoms with Crippen LogP contribution in [0.4, 0.5) is 0 Å². The zero-order chi connectivity index (χ0) is 10.7. The highest BCUT2D eigenvalue weighted by Gasteiger charge is 2.23. The summed E-state index contributed by atoms with van der Waals surface area (Å²) in [6, 6.07) is 0.0381. The summed E-state index contributed by atoms with van der Waals surface area (Å²) in [5.74, 6) is 0.116. The van der Waals surface area contributed by atoms with Crippen molar-refractivity contribution in [2.24, 2.45) is 4.99 Å². The molecule has 1 N–H and O–H groups in total. The molecular weight excluding hydrogens is 196 g/mol. The van der Waals surface area contributed by atoms with E-state index in [9.17, 15) is 4.79 Å². The van der Waals surface area contributed by atoms with Gasteiger partial charge in [0.1, 0.15) is 0 Å². The topological polar surface area (TPSA) is 41.5 Å². The van der Waals surface area contributed by atoms with Crippen molar-refractivity contribution in [3.63, 3.8) is 0 Å². The Labute approximate surface area is 89.1 Å². The standard InChI is InChI=1S/C10H16N2OS/c1-5-8-9(7(3)13)6(2)11-10(12-8)14-4/h8H,5H2,1-4H3,(H,11,12)/t8-/m1/s1. The predicted molar refractivity (Wildman–Crippen MR) is 61.5 cm³/mol. The molecule has 0 bridgehead atoms. The first kappa shape index (κ1) is 11.3. The van der Waals surface area contributed by atoms with Crippen molar-refractivity contribution in [3.05, 3.63) is 11.3 Å². The minimum Gasteiger partial charge on any atom is -0.338 e. The van der Waals surface area contributed by atoms with E-state index in [2.05, 4.69) is 10.3 Å². The molecule has 0 aromatic carbocycles. The van der Waals surface area contributed by atoms with Crippen LogP contribution in [0.1, 0.15) is 27.2 Å². The first-order valence-electron chi connectivity index (χ1n) is 4.70. The van der Waals surface area contributed by atoms with Crippen LogP contribution in [0.5, 0.6) is 0 Å². The quantitative estimate of drug-likeness (QED) is 0.760. The van der Waals surface area contributed by atoms with Gasteiger partial charge < -0.3 is 5.32 Å². The molecule has 4 heteroatoms. The number of hydrogen-bond acceptors (Lipinski definition) is 4. The second-order valence-corrected chi connectivity index (χ2v) is 4.08. The summed E-state index contributed by atoms with van der Waals surface area (Å²) in [6.45, 7) is 5.58. The fraction of sp³-hybridized carbons (Fsp3) is 0.600. The Morgan fingerprint density at radius 2 is 2.29 bits per heavy atom. The number of nitrogens with zero attached hydrogens (tertiary/aromatic N) is 1. The van der Waals surface area contributed by atoms with E-state index in [1.54, 1.807) is 18.7 Å². The zero-order valence-corrected chi connectivity index (χ0v) is 9.86. The van der Waals surface area contributed by atoms with Crippen molar-refractivity contribution in [3.8, 4) is 0 Å². The minimum absolute atomic E-state index is 0.0381. The van der Waals surface area contributed by atoms with Gasteiger partial charge in [-0.3, -0.25) is 9.79 Å². The molecule has 0 spiro atoms. The molecule has 1 aliphatic rings. The number of amidine groups is 1. The number of rotatable bonds is 2. The lowest BCUT2D eigenvalue weighted by Crippen LogP contribution is -2.32. The average Bonchev–Trinajstić information content (AvgIpc) is 2.15. The van der Waals surface area contributed by atoms with Crippen LogP contribution in [0.25, 0.3) is 0 Å². The third-order valence-electron chi connectivity index (χ3n) is 2.26. The van der Waals surface area contributed by atoms with E-state index in [0.717, 1.165) is 22.9 Å². The molecule has 0 amide bonds. The van der Waals surface area contributed by atoms with Crippen LogP contribution in [0, 0.1) is 0 Å². The second kappa shape index (κ2) is 4.64. The minimum atomic E-state index is 0.0381. The van der Waals surface area contributed by atoms with Gasteiger partial charge in [0, 0.05) is 11.3 Å². The molecule has 0 aromatic rings. The van der Waals surface area contributed by atoms with E-state index in [-0.39, 0.29) is 11.8 Å². The fourth-order valence-electron chi connectivity index (χ4n) is 1.61. The first-order chi connectivity index (χ1) is 6.60. The number of aliphatic imine (C=N–C) groups is 1. The Morgan fingerprint density at radius 1 is 1.64 bits per heavy atom. The van der Waals surface area contributed by atoms with Crippen molar-refractivity contribution in [2.45, 2.75) is 33.2 Å². The van der Waals surface area contributed by atoms with Crippen molar-refractivity contribution in [1.29, 1.82) is 0 Å². The predicted octanol–water partition coefficient (Wildman–Crippen LogP) is 1.95. The highest BCUT2D eigenvalue weighted by atomic mass is 32.2. The number of nitrogens with one attached hydrogen (secondary N) is 1. The van der Waals surface area contributed by atoms with Gasteiger partial charge in [-0.15, -0.1) is 0 Å². The molecule has 14 heavy (non-hydrogen) atoms. The molecule has 1 aliphatic heterocycles. The Balaban J connectivity index is 3.00. The van der Waals surface area contributed by atoms with E-state index in [1.165, 1.54) is 0 Å². The molecule has 0 unspecified atom stereocenters. The number of ketones is 1. The Morgan fingerprint density at radius 3 is 2.71 bits per heavy atom. The molecule has 0 radical (unpaired) electrons. The van der Waals surface area contributed by atoms with Crippen molar-refractivity contribution >= 4 is 22.7 Å². The number of thioether (sulfide) groups is 1. The summed E-state index contributed by atoms with van der Waals surface area (Å²) in [6.07, 6.45) is 2.85. The molecule has 0 aromatic heterocycles. The summed E-state index contributed by atoms with van der Waals surface area (Å²) >= 11 is 1.58. The molecule has 0 saturated carbocycles. The third kappa shape index (κ3) is 2.18. The maximum atomic E-state index is 11.4. The maximum Gasteiger partial charge on any atom is 0.161 e. The molecule has 78 valence electrons. The normalized spacial score (nSPS) is 21.7. The van der Waals surface area contributed by atoms with Gasteiger partial charge in [0.25, 0.3) is 0 Å². The van der Waals surface area contributed by atoms with E-state index in [0.29, 0.717) is 0 Å². The largest absolute Gasteiger partial charge is 0.338 e. The summed E-state index contributed by atoms with van der Waals surface area (Å²) in [5, 5.41) is 4.04. The van der Waals surface area contributed by atoms with Crippen LogP contribution >= 0.6 is 11.8 Å². The lowest BCUT2D eigenvalue weighted by molar-refractivity contribution is -0.113. The number of hydrogen-bond donors (Lipinski definition) is 1. The lowest BCUT2D eigenvalue weighted by Gasteiger charge is -2.23. The summed E-state index contributed by atoms with van der Waals surface area (Å²) in [5.41, 5.74) is 1.77. The first-order valence-corrected chi connectivity index (χ1v) is 5.93. The SMILES string of the molecule is CC[C@H]1N=C(SC)NC(C)=C1C(C)=O. The highest BCUT2D eigenvalue weighted by Crippen LogP contribution is 2.21. The van der Waals surface area contributed by atoms with E-state index in [1.807, 2.05) is 20.1 Å². The highest BCUT2D eigenvalue weighted by molar-refractivity contribution is 8.13. The van der Waals surface area contributed by atoms with E-state index < -0.39 is 0 Å². The summed E-state index contributed by atoms with van der Waals surface area (Å²) in [7, 11) is 0. The monoisotopic (exact) mass is 212 g/mol. The van der Waals surface area contributed by atoms with Crippen LogP contribution in [0.15, 0.2) is 16.3 Å². The van der Waals surface area contributed by atoms with Crippen LogP contribution in [-0.2, 0) is 4.79 Å². The molecule has 0 aliphatic carbocycles. The van der Waals surface area contributed by atoms with Gasteiger partial charge in [0.05, 0.1) is 6.04 Å². The van der Waals surface area contributed by atoms with Crippen molar-refractivity contribution in [2.75, 3.05) is 6.26 Å². The van der Waals surface area contributed by atoms with Crippen LogP contribution in [-0.4, -0.2) is 23.2 Å². The van der Waals surface area contributed by atoms with Gasteiger partial charge in [-0.05, 0) is 26.5 Å². The van der Waals surface area contributed by atoms with Crippen LogP contribution in [0.2, 0.25) is 0 Å². The van der Waals surface area contributed by atoms with Gasteiger partial charge in [0.15, 0.2) is 11.0 Å². The maximum absolute atomic E-state index is 11.4. The fourth-order valence-corrected chi connectivity index (χ4v) is 2.10. The van der Waals surface area contributed by atoms with Crippen LogP contribution < -0.4 is 5.32 Å². The Hall–Kier alpha value is -0.770.